The van der Waals surface area contributed by atoms with Gasteiger partial charge >= 0.3 is 5.97 Å². The maximum Gasteiger partial charge on any atom is 0.336 e. The summed E-state index contributed by atoms with van der Waals surface area (Å²) in [4.78, 5) is 27.1. The molecule has 0 fully saturated rings. The van der Waals surface area contributed by atoms with Crippen LogP contribution in [-0.4, -0.2) is 18.9 Å². The van der Waals surface area contributed by atoms with Crippen molar-refractivity contribution in [2.24, 2.45) is 0 Å². The first-order valence-corrected chi connectivity index (χ1v) is 12.5. The van der Waals surface area contributed by atoms with E-state index < -0.39 is 11.9 Å². The number of allylic oxidation sites excluding steroid dienone is 3. The quantitative estimate of drug-likeness (QED) is 0.396. The van der Waals surface area contributed by atoms with Crippen LogP contribution in [0, 0.1) is 13.8 Å². The fourth-order valence-corrected chi connectivity index (χ4v) is 5.84. The van der Waals surface area contributed by atoms with Gasteiger partial charge in [-0.05, 0) is 80.1 Å². The van der Waals surface area contributed by atoms with Crippen molar-refractivity contribution in [3.05, 3.63) is 86.2 Å². The molecule has 172 valence electrons. The lowest BCUT2D eigenvalue weighted by Gasteiger charge is -2.35. The van der Waals surface area contributed by atoms with Gasteiger partial charge in [0, 0.05) is 45.0 Å². The second-order valence-electron chi connectivity index (χ2n) is 8.64. The normalized spacial score (nSPS) is 18.2. The SMILES string of the molecule is COC(=O)C1=C(C)NC2=C(C(=O)CCC2)C1c1cc(CSc2ccc(Cl)cc2)c(C)cc1C. The number of hydrogen-bond donors (Lipinski definition) is 1. The number of ether oxygens (including phenoxy) is 1. The topological polar surface area (TPSA) is 55.4 Å². The predicted molar refractivity (Wildman–Crippen MR) is 133 cm³/mol. The van der Waals surface area contributed by atoms with Gasteiger partial charge in [0.15, 0.2) is 5.78 Å². The van der Waals surface area contributed by atoms with Crippen LogP contribution in [0.2, 0.25) is 5.02 Å². The third kappa shape index (κ3) is 4.75. The van der Waals surface area contributed by atoms with Crippen LogP contribution in [0.5, 0.6) is 0 Å². The fourth-order valence-electron chi connectivity index (χ4n) is 4.75. The number of hydrogen-bond acceptors (Lipinski definition) is 5. The molecule has 6 heteroatoms. The van der Waals surface area contributed by atoms with E-state index in [0.717, 1.165) is 56.6 Å². The summed E-state index contributed by atoms with van der Waals surface area (Å²) in [5.74, 6) is 0.0787. The van der Waals surface area contributed by atoms with E-state index in [4.69, 9.17) is 16.3 Å². The molecule has 1 heterocycles. The highest BCUT2D eigenvalue weighted by molar-refractivity contribution is 7.98. The van der Waals surface area contributed by atoms with Gasteiger partial charge in [0.05, 0.1) is 12.7 Å². The molecule has 0 amide bonds. The third-order valence-corrected chi connectivity index (χ3v) is 7.74. The first kappa shape index (κ1) is 23.7. The van der Waals surface area contributed by atoms with E-state index in [1.807, 2.05) is 31.2 Å². The maximum atomic E-state index is 13.1. The predicted octanol–water partition coefficient (Wildman–Crippen LogP) is 6.39. The molecule has 0 radical (unpaired) electrons. The molecule has 2 aliphatic rings. The van der Waals surface area contributed by atoms with Gasteiger partial charge in [0.25, 0.3) is 0 Å². The average Bonchev–Trinajstić information content (AvgIpc) is 2.78. The van der Waals surface area contributed by atoms with E-state index in [0.29, 0.717) is 12.0 Å². The molecular weight excluding hydrogens is 454 g/mol. The molecule has 0 spiro atoms. The minimum atomic E-state index is -0.415. The summed E-state index contributed by atoms with van der Waals surface area (Å²) in [5.41, 5.74) is 7.38. The number of nitrogens with one attached hydrogen (secondary N) is 1. The van der Waals surface area contributed by atoms with E-state index in [2.05, 4.69) is 31.3 Å². The van der Waals surface area contributed by atoms with Gasteiger partial charge in [-0.15, -0.1) is 11.8 Å². The maximum absolute atomic E-state index is 13.1. The van der Waals surface area contributed by atoms with Crippen LogP contribution in [0.1, 0.15) is 54.4 Å². The molecule has 2 aromatic rings. The highest BCUT2D eigenvalue weighted by Crippen LogP contribution is 2.44. The Morgan fingerprint density at radius 3 is 2.55 bits per heavy atom. The molecule has 4 nitrogen and oxygen atoms in total. The van der Waals surface area contributed by atoms with Crippen LogP contribution in [0.15, 0.2) is 63.8 Å². The molecule has 1 atom stereocenters. The van der Waals surface area contributed by atoms with Crippen LogP contribution in [-0.2, 0) is 20.1 Å². The van der Waals surface area contributed by atoms with Crippen molar-refractivity contribution in [3.8, 4) is 0 Å². The number of benzene rings is 2. The number of carbonyl (C=O) groups excluding carboxylic acids is 2. The molecule has 1 aliphatic heterocycles. The Kier molecular flexibility index (Phi) is 7.01. The van der Waals surface area contributed by atoms with Crippen molar-refractivity contribution in [2.75, 3.05) is 7.11 Å². The van der Waals surface area contributed by atoms with Crippen molar-refractivity contribution in [2.45, 2.75) is 56.6 Å². The van der Waals surface area contributed by atoms with Gasteiger partial charge in [0.1, 0.15) is 0 Å². The molecule has 33 heavy (non-hydrogen) atoms. The van der Waals surface area contributed by atoms with Crippen LogP contribution in [0.3, 0.4) is 0 Å². The molecule has 1 unspecified atom stereocenters. The minimum absolute atomic E-state index is 0.111. The standard InChI is InChI=1S/C27H28ClNO3S/c1-15-12-16(2)21(13-18(15)14-33-20-10-8-19(28)9-11-20)25-24(27(31)32-4)17(3)29-22-6-5-7-23(30)26(22)25/h8-13,25,29H,5-7,14H2,1-4H3. The molecule has 4 rings (SSSR count). The summed E-state index contributed by atoms with van der Waals surface area (Å²) >= 11 is 7.76. The molecule has 1 aliphatic carbocycles. The van der Waals surface area contributed by atoms with E-state index in [1.54, 1.807) is 11.8 Å². The number of dihydropyridines is 1. The third-order valence-electron chi connectivity index (χ3n) is 6.42. The lowest BCUT2D eigenvalue weighted by Crippen LogP contribution is -2.34. The van der Waals surface area contributed by atoms with E-state index in [9.17, 15) is 9.59 Å². The number of aryl methyl sites for hydroxylation is 2. The van der Waals surface area contributed by atoms with Crippen LogP contribution in [0.25, 0.3) is 0 Å². The summed E-state index contributed by atoms with van der Waals surface area (Å²) in [7, 11) is 1.39. The number of thioether (sulfide) groups is 1. The second-order valence-corrected chi connectivity index (χ2v) is 10.1. The molecule has 1 N–H and O–H groups in total. The fraction of sp³-hybridized carbons (Fsp3) is 0.333. The minimum Gasteiger partial charge on any atom is -0.466 e. The van der Waals surface area contributed by atoms with Crippen molar-refractivity contribution >= 4 is 35.1 Å². The van der Waals surface area contributed by atoms with Crippen LogP contribution in [0.4, 0.5) is 0 Å². The molecule has 2 aromatic carbocycles. The average molecular weight is 482 g/mol. The monoisotopic (exact) mass is 481 g/mol. The van der Waals surface area contributed by atoms with E-state index in [-0.39, 0.29) is 5.78 Å². The van der Waals surface area contributed by atoms with Gasteiger partial charge in [-0.25, -0.2) is 4.79 Å². The number of carbonyl (C=O) groups is 2. The zero-order chi connectivity index (χ0) is 23.7. The molecule has 0 bridgehead atoms. The summed E-state index contributed by atoms with van der Waals surface area (Å²) in [6, 6.07) is 12.2. The number of esters is 1. The Morgan fingerprint density at radius 1 is 1.12 bits per heavy atom. The van der Waals surface area contributed by atoms with Gasteiger partial charge in [0.2, 0.25) is 0 Å². The summed E-state index contributed by atoms with van der Waals surface area (Å²) in [6.07, 6.45) is 2.15. The smallest absolute Gasteiger partial charge is 0.336 e. The zero-order valence-electron chi connectivity index (χ0n) is 19.4. The molecule has 0 saturated heterocycles. The Hall–Kier alpha value is -2.50. The van der Waals surface area contributed by atoms with E-state index >= 15 is 0 Å². The van der Waals surface area contributed by atoms with Gasteiger partial charge in [-0.1, -0.05) is 23.7 Å². The zero-order valence-corrected chi connectivity index (χ0v) is 21.0. The first-order valence-electron chi connectivity index (χ1n) is 11.1. The lowest BCUT2D eigenvalue weighted by atomic mass is 9.73. The highest BCUT2D eigenvalue weighted by atomic mass is 35.5. The Morgan fingerprint density at radius 2 is 1.85 bits per heavy atom. The van der Waals surface area contributed by atoms with Gasteiger partial charge in [-0.3, -0.25) is 4.79 Å². The summed E-state index contributed by atoms with van der Waals surface area (Å²) < 4.78 is 5.15. The molecular formula is C27H28ClNO3S. The van der Waals surface area contributed by atoms with E-state index in [1.165, 1.54) is 18.2 Å². The first-order chi connectivity index (χ1) is 15.8. The van der Waals surface area contributed by atoms with Gasteiger partial charge < -0.3 is 10.1 Å². The van der Waals surface area contributed by atoms with Crippen molar-refractivity contribution in [1.29, 1.82) is 0 Å². The molecule has 0 saturated carbocycles. The summed E-state index contributed by atoms with van der Waals surface area (Å²) in [5, 5.41) is 4.05. The van der Waals surface area contributed by atoms with Gasteiger partial charge in [-0.2, -0.15) is 0 Å². The largest absolute Gasteiger partial charge is 0.466 e. The number of methoxy groups -OCH3 is 1. The second kappa shape index (κ2) is 9.78. The molecule has 0 aromatic heterocycles. The number of Topliss-reactive ketones (excluding diaryl/α,β-unsaturated/α-hetero) is 1. The van der Waals surface area contributed by atoms with Crippen LogP contribution < -0.4 is 5.32 Å². The summed E-state index contributed by atoms with van der Waals surface area (Å²) in [6.45, 7) is 6.05. The van der Waals surface area contributed by atoms with Crippen LogP contribution >= 0.6 is 23.4 Å². The highest BCUT2D eigenvalue weighted by Gasteiger charge is 2.39. The van der Waals surface area contributed by atoms with Crippen molar-refractivity contribution < 1.29 is 14.3 Å². The van der Waals surface area contributed by atoms with Crippen molar-refractivity contribution in [3.63, 3.8) is 0 Å². The Labute approximate surface area is 204 Å². The number of halogens is 1. The number of ketones is 1. The Bertz CT molecular complexity index is 1180. The lowest BCUT2D eigenvalue weighted by molar-refractivity contribution is -0.136. The Balaban J connectivity index is 1.78. The number of rotatable bonds is 5. The van der Waals surface area contributed by atoms with Crippen molar-refractivity contribution in [1.82, 2.24) is 5.32 Å².